The number of rotatable bonds is 0. The lowest BCUT2D eigenvalue weighted by Crippen LogP contribution is -2.51. The molecule has 2 nitrogen and oxygen atoms in total. The summed E-state index contributed by atoms with van der Waals surface area (Å²) in [6.45, 7) is 2.39. The minimum Gasteiger partial charge on any atom is -0.289 e. The maximum atomic E-state index is 5.57. The smallest absolute Gasteiger partial charge is 0.121 e. The number of hydroxylamine groups is 2. The molecule has 4 aliphatic rings. The van der Waals surface area contributed by atoms with Gasteiger partial charge in [0.25, 0.3) is 0 Å². The van der Waals surface area contributed by atoms with Crippen molar-refractivity contribution in [2.75, 3.05) is 13.1 Å². The molecule has 0 aromatic rings. The molecule has 3 heterocycles. The van der Waals surface area contributed by atoms with Crippen LogP contribution in [0, 0.1) is 17.9 Å². The van der Waals surface area contributed by atoms with E-state index in [4.69, 9.17) is 4.84 Å². The number of hydrogen-bond acceptors (Lipinski definition) is 2. The number of hydrogen-bond donors (Lipinski definition) is 0. The summed E-state index contributed by atoms with van der Waals surface area (Å²) >= 11 is 0. The topological polar surface area (TPSA) is 12.5 Å². The van der Waals surface area contributed by atoms with Crippen LogP contribution in [0.25, 0.3) is 0 Å². The molecule has 0 spiro atoms. The molecule has 4 rings (SSSR count). The summed E-state index contributed by atoms with van der Waals surface area (Å²) < 4.78 is 0. The monoisotopic (exact) mass is 138 g/mol. The fourth-order valence-electron chi connectivity index (χ4n) is 2.63. The molecule has 2 heteroatoms. The molecule has 2 atom stereocenters. The summed E-state index contributed by atoms with van der Waals surface area (Å²) in [7, 11) is 0. The lowest BCUT2D eigenvalue weighted by atomic mass is 9.76. The Bertz CT molecular complexity index is 101. The van der Waals surface area contributed by atoms with Crippen molar-refractivity contribution in [1.29, 1.82) is 0 Å². The third-order valence-corrected chi connectivity index (χ3v) is 2.88. The lowest BCUT2D eigenvalue weighted by molar-refractivity contribution is -0.246. The van der Waals surface area contributed by atoms with E-state index in [2.05, 4.69) is 5.06 Å². The predicted molar refractivity (Wildman–Crippen MR) is 36.7 cm³/mol. The Labute approximate surface area is 61.1 Å². The van der Waals surface area contributed by atoms with Crippen molar-refractivity contribution in [1.82, 2.24) is 5.06 Å². The second-order valence-corrected chi connectivity index (χ2v) is 3.85. The van der Waals surface area contributed by atoms with E-state index in [1.807, 2.05) is 0 Å². The Balaban J connectivity index is 1.90. The molecular weight excluding hydrogens is 126 g/mol. The van der Waals surface area contributed by atoms with Crippen LogP contribution in [0.4, 0.5) is 0 Å². The molecule has 55 valence electrons. The van der Waals surface area contributed by atoms with E-state index in [9.17, 15) is 0 Å². The first-order valence-corrected chi connectivity index (χ1v) is 4.18. The van der Waals surface area contributed by atoms with Crippen LogP contribution in [0.2, 0.25) is 0 Å². The first-order valence-electron chi connectivity index (χ1n) is 4.18. The van der Waals surface area contributed by atoms with Gasteiger partial charge in [-0.3, -0.25) is 4.84 Å². The second kappa shape index (κ2) is 1.74. The van der Waals surface area contributed by atoms with Crippen LogP contribution in [0.1, 0.15) is 19.3 Å². The van der Waals surface area contributed by atoms with Crippen molar-refractivity contribution in [3.05, 3.63) is 6.10 Å². The van der Waals surface area contributed by atoms with Gasteiger partial charge in [0.05, 0.1) is 0 Å². The predicted octanol–water partition coefficient (Wildman–Crippen LogP) is 1.20. The lowest BCUT2D eigenvalue weighted by Gasteiger charge is -2.49. The summed E-state index contributed by atoms with van der Waals surface area (Å²) in [5.41, 5.74) is 0. The van der Waals surface area contributed by atoms with Crippen LogP contribution in [0.15, 0.2) is 0 Å². The fraction of sp³-hybridized carbons (Fsp3) is 0.875. The van der Waals surface area contributed by atoms with Gasteiger partial charge in [-0.05, 0) is 31.1 Å². The molecule has 0 amide bonds. The Morgan fingerprint density at radius 3 is 2.40 bits per heavy atom. The Kier molecular flexibility index (Phi) is 0.968. The van der Waals surface area contributed by atoms with E-state index >= 15 is 0 Å². The zero-order valence-corrected chi connectivity index (χ0v) is 6.05. The highest BCUT2D eigenvalue weighted by atomic mass is 16.7. The van der Waals surface area contributed by atoms with Crippen LogP contribution in [0.3, 0.4) is 0 Å². The summed E-state index contributed by atoms with van der Waals surface area (Å²) in [5.74, 6) is 1.88. The van der Waals surface area contributed by atoms with Crippen molar-refractivity contribution < 1.29 is 4.84 Å². The molecule has 1 radical (unpaired) electrons. The van der Waals surface area contributed by atoms with E-state index < -0.39 is 0 Å². The molecule has 1 aliphatic carbocycles. The summed E-state index contributed by atoms with van der Waals surface area (Å²) in [6.07, 6.45) is 5.34. The molecule has 0 aromatic heterocycles. The third kappa shape index (κ3) is 0.663. The largest absolute Gasteiger partial charge is 0.289 e. The molecule has 3 aliphatic heterocycles. The van der Waals surface area contributed by atoms with Gasteiger partial charge in [0.2, 0.25) is 0 Å². The van der Waals surface area contributed by atoms with Crippen LogP contribution < -0.4 is 0 Å². The standard InChI is InChI=1S/C8H12NO/c1-6-2-8-3-7(1)5-9(4-6)10-8/h6-7H,1-5H2. The van der Waals surface area contributed by atoms with Crippen molar-refractivity contribution in [2.45, 2.75) is 19.3 Å². The quantitative estimate of drug-likeness (QED) is 0.498. The molecule has 4 fully saturated rings. The van der Waals surface area contributed by atoms with E-state index in [-0.39, 0.29) is 0 Å². The van der Waals surface area contributed by atoms with Gasteiger partial charge in [-0.1, -0.05) is 0 Å². The summed E-state index contributed by atoms with van der Waals surface area (Å²) in [6, 6.07) is 0. The van der Waals surface area contributed by atoms with Crippen LogP contribution in [-0.2, 0) is 4.84 Å². The second-order valence-electron chi connectivity index (χ2n) is 3.85. The van der Waals surface area contributed by atoms with E-state index in [0.29, 0.717) is 0 Å². The minimum absolute atomic E-state index is 0.941. The van der Waals surface area contributed by atoms with Crippen molar-refractivity contribution in [2.24, 2.45) is 11.8 Å². The SMILES string of the molecule is C1[C]2CC3CC1CN(C3)O2. The maximum Gasteiger partial charge on any atom is 0.121 e. The van der Waals surface area contributed by atoms with Crippen LogP contribution >= 0.6 is 0 Å². The molecule has 4 bridgehead atoms. The van der Waals surface area contributed by atoms with Gasteiger partial charge in [0.15, 0.2) is 0 Å². The van der Waals surface area contributed by atoms with Crippen LogP contribution in [0.5, 0.6) is 0 Å². The van der Waals surface area contributed by atoms with Crippen LogP contribution in [-0.4, -0.2) is 18.2 Å². The summed E-state index contributed by atoms with van der Waals surface area (Å²) in [4.78, 5) is 5.57. The van der Waals surface area contributed by atoms with Gasteiger partial charge in [-0.15, -0.1) is 0 Å². The minimum atomic E-state index is 0.941. The summed E-state index contributed by atoms with van der Waals surface area (Å²) in [5, 5.41) is 2.15. The zero-order chi connectivity index (χ0) is 6.55. The Morgan fingerprint density at radius 1 is 1.20 bits per heavy atom. The van der Waals surface area contributed by atoms with E-state index in [1.165, 1.54) is 38.5 Å². The Hall–Kier alpha value is -0.0800. The molecule has 10 heavy (non-hydrogen) atoms. The van der Waals surface area contributed by atoms with Gasteiger partial charge < -0.3 is 0 Å². The molecule has 0 N–H and O–H groups in total. The van der Waals surface area contributed by atoms with Gasteiger partial charge >= 0.3 is 0 Å². The van der Waals surface area contributed by atoms with E-state index in [1.54, 1.807) is 0 Å². The highest BCUT2D eigenvalue weighted by Crippen LogP contribution is 2.44. The van der Waals surface area contributed by atoms with Crippen molar-refractivity contribution in [3.63, 3.8) is 0 Å². The Morgan fingerprint density at radius 2 is 1.90 bits per heavy atom. The normalized spacial score (nSPS) is 52.2. The van der Waals surface area contributed by atoms with Crippen molar-refractivity contribution in [3.8, 4) is 0 Å². The number of nitrogens with zero attached hydrogens (tertiary/aromatic N) is 1. The van der Waals surface area contributed by atoms with E-state index in [0.717, 1.165) is 11.8 Å². The van der Waals surface area contributed by atoms with Gasteiger partial charge in [-0.25, -0.2) is 0 Å². The zero-order valence-electron chi connectivity index (χ0n) is 6.05. The van der Waals surface area contributed by atoms with Crippen molar-refractivity contribution >= 4 is 0 Å². The number of piperidine rings is 1. The molecule has 1 saturated carbocycles. The molecule has 0 aromatic carbocycles. The molecule has 3 saturated heterocycles. The first kappa shape index (κ1) is 5.56. The first-order chi connectivity index (χ1) is 4.90. The molecular formula is C8H12NO. The maximum absolute atomic E-state index is 5.57. The highest BCUT2D eigenvalue weighted by Gasteiger charge is 2.42. The third-order valence-electron chi connectivity index (χ3n) is 2.88. The van der Waals surface area contributed by atoms with Gasteiger partial charge in [-0.2, -0.15) is 5.06 Å². The molecule has 2 unspecified atom stereocenters. The average molecular weight is 138 g/mol. The fourth-order valence-corrected chi connectivity index (χ4v) is 2.63. The van der Waals surface area contributed by atoms with Gasteiger partial charge in [0.1, 0.15) is 6.10 Å². The highest BCUT2D eigenvalue weighted by molar-refractivity contribution is 4.98. The van der Waals surface area contributed by atoms with Gasteiger partial charge in [0, 0.05) is 13.1 Å². The average Bonchev–Trinajstić information content (AvgIpc) is 1.82.